The Balaban J connectivity index is 1.83. The molecule has 0 spiro atoms. The Kier molecular flexibility index (Phi) is 6.51. The lowest BCUT2D eigenvalue weighted by Gasteiger charge is -2.10. The van der Waals surface area contributed by atoms with Crippen LogP contribution < -0.4 is 15.4 Å². The van der Waals surface area contributed by atoms with Crippen molar-refractivity contribution >= 4 is 23.2 Å². The van der Waals surface area contributed by atoms with E-state index in [1.165, 1.54) is 12.1 Å². The summed E-state index contributed by atoms with van der Waals surface area (Å²) in [5.41, 5.74) is 1.22. The van der Waals surface area contributed by atoms with Crippen molar-refractivity contribution in [2.45, 2.75) is 20.3 Å². The maximum absolute atomic E-state index is 13.4. The van der Waals surface area contributed by atoms with E-state index in [9.17, 15) is 14.0 Å². The zero-order valence-corrected chi connectivity index (χ0v) is 14.2. The van der Waals surface area contributed by atoms with Crippen LogP contribution in [0, 0.1) is 11.7 Å². The number of ether oxygens (including phenoxy) is 1. The van der Waals surface area contributed by atoms with Gasteiger partial charge < -0.3 is 15.4 Å². The molecule has 0 aliphatic rings. The van der Waals surface area contributed by atoms with Crippen LogP contribution in [-0.2, 0) is 9.59 Å². The minimum atomic E-state index is -0.517. The van der Waals surface area contributed by atoms with Gasteiger partial charge >= 0.3 is 0 Å². The van der Waals surface area contributed by atoms with Gasteiger partial charge in [0.05, 0.1) is 0 Å². The van der Waals surface area contributed by atoms with Gasteiger partial charge in [-0.3, -0.25) is 9.59 Å². The van der Waals surface area contributed by atoms with Gasteiger partial charge in [0, 0.05) is 17.8 Å². The Morgan fingerprint density at radius 1 is 0.960 bits per heavy atom. The lowest BCUT2D eigenvalue weighted by molar-refractivity contribution is -0.118. The summed E-state index contributed by atoms with van der Waals surface area (Å²) in [5.74, 6) is -0.657. The van der Waals surface area contributed by atoms with Crippen molar-refractivity contribution < 1.29 is 18.7 Å². The number of benzene rings is 2. The summed E-state index contributed by atoms with van der Waals surface area (Å²) >= 11 is 0. The largest absolute Gasteiger partial charge is 0.481 e. The van der Waals surface area contributed by atoms with Crippen LogP contribution in [-0.4, -0.2) is 18.4 Å². The van der Waals surface area contributed by atoms with Gasteiger partial charge in [0.15, 0.2) is 18.2 Å². The summed E-state index contributed by atoms with van der Waals surface area (Å²) in [5, 5.41) is 5.43. The maximum atomic E-state index is 13.4. The molecule has 0 radical (unpaired) electrons. The van der Waals surface area contributed by atoms with Crippen molar-refractivity contribution in [3.8, 4) is 5.75 Å². The molecule has 0 bridgehead atoms. The monoisotopic (exact) mass is 344 g/mol. The molecule has 25 heavy (non-hydrogen) atoms. The van der Waals surface area contributed by atoms with Crippen LogP contribution in [0.4, 0.5) is 15.8 Å². The molecule has 2 amide bonds. The van der Waals surface area contributed by atoms with Gasteiger partial charge in [0.1, 0.15) is 0 Å². The molecule has 2 rings (SSSR count). The third-order valence-corrected chi connectivity index (χ3v) is 3.24. The second kappa shape index (κ2) is 8.82. The van der Waals surface area contributed by atoms with Crippen molar-refractivity contribution in [1.82, 2.24) is 0 Å². The zero-order chi connectivity index (χ0) is 18.2. The first kappa shape index (κ1) is 18.4. The zero-order valence-electron chi connectivity index (χ0n) is 14.2. The first-order valence-corrected chi connectivity index (χ1v) is 8.01. The number of carbonyl (C=O) groups is 2. The predicted octanol–water partition coefficient (Wildman–Crippen LogP) is 3.83. The number of hydrogen-bond donors (Lipinski definition) is 2. The molecular weight excluding hydrogens is 323 g/mol. The molecule has 2 aromatic carbocycles. The van der Waals surface area contributed by atoms with Crippen LogP contribution in [0.5, 0.6) is 5.75 Å². The van der Waals surface area contributed by atoms with E-state index >= 15 is 0 Å². The summed E-state index contributed by atoms with van der Waals surface area (Å²) in [6.07, 6.45) is 0.450. The number of carbonyl (C=O) groups excluding carboxylic acids is 2. The van der Waals surface area contributed by atoms with Crippen LogP contribution >= 0.6 is 0 Å². The van der Waals surface area contributed by atoms with Gasteiger partial charge in [-0.1, -0.05) is 26.0 Å². The number of amides is 2. The highest BCUT2D eigenvalue weighted by atomic mass is 19.1. The van der Waals surface area contributed by atoms with E-state index in [4.69, 9.17) is 4.74 Å². The molecule has 0 fully saturated rings. The highest BCUT2D eigenvalue weighted by molar-refractivity contribution is 5.93. The van der Waals surface area contributed by atoms with Crippen LogP contribution in [0.1, 0.15) is 20.3 Å². The van der Waals surface area contributed by atoms with Crippen LogP contribution in [0.2, 0.25) is 0 Å². The quantitative estimate of drug-likeness (QED) is 0.802. The van der Waals surface area contributed by atoms with E-state index in [2.05, 4.69) is 10.6 Å². The molecule has 0 heterocycles. The van der Waals surface area contributed by atoms with Crippen molar-refractivity contribution in [3.05, 3.63) is 54.3 Å². The molecule has 0 atom stereocenters. The molecule has 2 N–H and O–H groups in total. The fourth-order valence-electron chi connectivity index (χ4n) is 2.12. The summed E-state index contributed by atoms with van der Waals surface area (Å²) in [4.78, 5) is 23.6. The number of nitrogens with one attached hydrogen (secondary N) is 2. The van der Waals surface area contributed by atoms with Gasteiger partial charge in [-0.05, 0) is 42.3 Å². The molecule has 0 unspecified atom stereocenters. The fraction of sp³-hybridized carbons (Fsp3) is 0.263. The SMILES string of the molecule is CC(C)CC(=O)Nc1ccc(NC(=O)COc2ccccc2F)cc1. The minimum Gasteiger partial charge on any atom is -0.481 e. The van der Waals surface area contributed by atoms with E-state index in [-0.39, 0.29) is 24.2 Å². The summed E-state index contributed by atoms with van der Waals surface area (Å²) in [6, 6.07) is 12.6. The van der Waals surface area contributed by atoms with E-state index in [1.54, 1.807) is 36.4 Å². The van der Waals surface area contributed by atoms with Gasteiger partial charge in [0.2, 0.25) is 5.91 Å². The number of halogens is 1. The molecule has 2 aromatic rings. The number of para-hydroxylation sites is 1. The first-order chi connectivity index (χ1) is 11.9. The average Bonchev–Trinajstić information content (AvgIpc) is 2.55. The highest BCUT2D eigenvalue weighted by Crippen LogP contribution is 2.16. The smallest absolute Gasteiger partial charge is 0.262 e. The summed E-state index contributed by atoms with van der Waals surface area (Å²) < 4.78 is 18.5. The standard InChI is InChI=1S/C19H21FN2O3/c1-13(2)11-18(23)21-14-7-9-15(10-8-14)22-19(24)12-25-17-6-4-3-5-16(17)20/h3-10,13H,11-12H2,1-2H3,(H,21,23)(H,22,24). The number of rotatable bonds is 7. The Hall–Kier alpha value is -2.89. The minimum absolute atomic E-state index is 0.0286. The highest BCUT2D eigenvalue weighted by Gasteiger charge is 2.08. The second-order valence-electron chi connectivity index (χ2n) is 5.99. The fourth-order valence-corrected chi connectivity index (χ4v) is 2.12. The average molecular weight is 344 g/mol. The second-order valence-corrected chi connectivity index (χ2v) is 5.99. The molecule has 0 aliphatic carbocycles. The molecule has 132 valence electrons. The lowest BCUT2D eigenvalue weighted by Crippen LogP contribution is -2.20. The van der Waals surface area contributed by atoms with Crippen molar-refractivity contribution in [1.29, 1.82) is 0 Å². The van der Waals surface area contributed by atoms with E-state index < -0.39 is 11.7 Å². The Morgan fingerprint density at radius 3 is 2.08 bits per heavy atom. The predicted molar refractivity (Wildman–Crippen MR) is 95.1 cm³/mol. The number of hydrogen-bond acceptors (Lipinski definition) is 3. The van der Waals surface area contributed by atoms with Crippen LogP contribution in [0.3, 0.4) is 0 Å². The van der Waals surface area contributed by atoms with Crippen LogP contribution in [0.25, 0.3) is 0 Å². The number of anilines is 2. The van der Waals surface area contributed by atoms with E-state index in [1.807, 2.05) is 13.8 Å². The molecule has 0 aromatic heterocycles. The van der Waals surface area contributed by atoms with Crippen molar-refractivity contribution in [2.24, 2.45) is 5.92 Å². The topological polar surface area (TPSA) is 67.4 Å². The lowest BCUT2D eigenvalue weighted by atomic mass is 10.1. The molecule has 0 saturated carbocycles. The first-order valence-electron chi connectivity index (χ1n) is 8.01. The summed E-state index contributed by atoms with van der Waals surface area (Å²) in [7, 11) is 0. The van der Waals surface area contributed by atoms with Gasteiger partial charge in [-0.2, -0.15) is 0 Å². The van der Waals surface area contributed by atoms with Crippen molar-refractivity contribution in [2.75, 3.05) is 17.2 Å². The molecule has 0 aliphatic heterocycles. The van der Waals surface area contributed by atoms with Crippen molar-refractivity contribution in [3.63, 3.8) is 0 Å². The molecule has 6 heteroatoms. The van der Waals surface area contributed by atoms with Gasteiger partial charge in [-0.15, -0.1) is 0 Å². The van der Waals surface area contributed by atoms with E-state index in [0.29, 0.717) is 17.8 Å². The van der Waals surface area contributed by atoms with Crippen LogP contribution in [0.15, 0.2) is 48.5 Å². The Bertz CT molecular complexity index is 730. The van der Waals surface area contributed by atoms with Gasteiger partial charge in [-0.25, -0.2) is 4.39 Å². The third kappa shape index (κ3) is 6.25. The third-order valence-electron chi connectivity index (χ3n) is 3.24. The Labute approximate surface area is 146 Å². The normalized spacial score (nSPS) is 10.4. The maximum Gasteiger partial charge on any atom is 0.262 e. The Morgan fingerprint density at radius 2 is 1.52 bits per heavy atom. The van der Waals surface area contributed by atoms with E-state index in [0.717, 1.165) is 0 Å². The molecule has 5 nitrogen and oxygen atoms in total. The molecule has 0 saturated heterocycles. The summed E-state index contributed by atoms with van der Waals surface area (Å²) in [6.45, 7) is 3.65. The van der Waals surface area contributed by atoms with Gasteiger partial charge in [0.25, 0.3) is 5.91 Å². The molecular formula is C19H21FN2O3.